The Bertz CT molecular complexity index is 549. The molecule has 0 atom stereocenters. The van der Waals surface area contributed by atoms with Crippen molar-refractivity contribution in [1.29, 1.82) is 0 Å². The molecule has 1 N–H and O–H groups in total. The minimum Gasteiger partial charge on any atom is -0.481 e. The summed E-state index contributed by atoms with van der Waals surface area (Å²) in [4.78, 5) is 19.1. The number of rotatable bonds is 6. The molecule has 0 amide bonds. The quantitative estimate of drug-likeness (QED) is 0.864. The first kappa shape index (κ1) is 13.3. The molecule has 0 radical (unpaired) electrons. The minimum absolute atomic E-state index is 0.0470. The Morgan fingerprint density at radius 3 is 2.89 bits per heavy atom. The van der Waals surface area contributed by atoms with E-state index in [-0.39, 0.29) is 6.42 Å². The maximum atomic E-state index is 10.7. The van der Waals surface area contributed by atoms with Crippen molar-refractivity contribution in [3.8, 4) is 11.3 Å². The van der Waals surface area contributed by atoms with Crippen molar-refractivity contribution < 1.29 is 14.3 Å². The van der Waals surface area contributed by atoms with Gasteiger partial charge in [-0.3, -0.25) is 9.78 Å². The summed E-state index contributed by atoms with van der Waals surface area (Å²) < 4.78 is 5.73. The number of hydrogen-bond acceptors (Lipinski definition) is 4. The van der Waals surface area contributed by atoms with Crippen LogP contribution in [0.2, 0.25) is 0 Å². The maximum Gasteiger partial charge on any atom is 0.303 e. The molecular weight excluding hydrogens is 244 g/mol. The molecule has 0 aliphatic heterocycles. The van der Waals surface area contributed by atoms with Crippen molar-refractivity contribution in [2.45, 2.75) is 32.6 Å². The van der Waals surface area contributed by atoms with Gasteiger partial charge < -0.3 is 9.52 Å². The molecule has 5 nitrogen and oxygen atoms in total. The van der Waals surface area contributed by atoms with Gasteiger partial charge in [0.2, 0.25) is 0 Å². The fourth-order valence-electron chi connectivity index (χ4n) is 1.84. The van der Waals surface area contributed by atoms with Gasteiger partial charge in [-0.2, -0.15) is 0 Å². The van der Waals surface area contributed by atoms with E-state index >= 15 is 0 Å². The van der Waals surface area contributed by atoms with E-state index in [1.54, 1.807) is 12.4 Å². The Kier molecular flexibility index (Phi) is 4.28. The van der Waals surface area contributed by atoms with Gasteiger partial charge in [0.1, 0.15) is 0 Å². The molecule has 0 fully saturated rings. The van der Waals surface area contributed by atoms with Gasteiger partial charge in [-0.25, -0.2) is 4.98 Å². The molecule has 2 heterocycles. The molecule has 100 valence electrons. The standard InChI is InChI=1S/C14H16N2O3/c1-2-4-12-16-11(6-7-13(17)18)14(19-12)10-5-3-8-15-9-10/h3,5,8-9H,2,4,6-7H2,1H3,(H,17,18). The molecular formula is C14H16N2O3. The van der Waals surface area contributed by atoms with E-state index in [2.05, 4.69) is 9.97 Å². The Labute approximate surface area is 111 Å². The van der Waals surface area contributed by atoms with Gasteiger partial charge in [0.05, 0.1) is 12.1 Å². The molecule has 0 aliphatic rings. The topological polar surface area (TPSA) is 76.2 Å². The number of carbonyl (C=O) groups is 1. The van der Waals surface area contributed by atoms with Crippen LogP contribution in [0.25, 0.3) is 11.3 Å². The monoisotopic (exact) mass is 260 g/mol. The van der Waals surface area contributed by atoms with Crippen molar-refractivity contribution in [2.75, 3.05) is 0 Å². The van der Waals surface area contributed by atoms with Crippen LogP contribution in [-0.4, -0.2) is 21.0 Å². The van der Waals surface area contributed by atoms with Crippen LogP contribution in [0.1, 0.15) is 31.4 Å². The van der Waals surface area contributed by atoms with Gasteiger partial charge >= 0.3 is 5.97 Å². The highest BCUT2D eigenvalue weighted by atomic mass is 16.4. The van der Waals surface area contributed by atoms with Crippen LogP contribution in [0.5, 0.6) is 0 Å². The summed E-state index contributed by atoms with van der Waals surface area (Å²) in [7, 11) is 0. The number of carboxylic acids is 1. The normalized spacial score (nSPS) is 10.6. The third-order valence-electron chi connectivity index (χ3n) is 2.70. The molecule has 19 heavy (non-hydrogen) atoms. The second-order valence-electron chi connectivity index (χ2n) is 4.27. The van der Waals surface area contributed by atoms with Gasteiger partial charge in [0.15, 0.2) is 11.7 Å². The summed E-state index contributed by atoms with van der Waals surface area (Å²) in [6.45, 7) is 2.05. The molecule has 2 aromatic heterocycles. The van der Waals surface area contributed by atoms with Crippen molar-refractivity contribution in [3.05, 3.63) is 36.1 Å². The van der Waals surface area contributed by atoms with Crippen LogP contribution >= 0.6 is 0 Å². The number of aliphatic carboxylic acids is 1. The maximum absolute atomic E-state index is 10.7. The third kappa shape index (κ3) is 3.40. The highest BCUT2D eigenvalue weighted by molar-refractivity contribution is 5.68. The van der Waals surface area contributed by atoms with Gasteiger partial charge in [-0.05, 0) is 18.6 Å². The third-order valence-corrected chi connectivity index (χ3v) is 2.70. The van der Waals surface area contributed by atoms with Crippen LogP contribution in [-0.2, 0) is 17.6 Å². The van der Waals surface area contributed by atoms with E-state index in [0.717, 1.165) is 18.4 Å². The Balaban J connectivity index is 2.31. The highest BCUT2D eigenvalue weighted by Crippen LogP contribution is 2.25. The second kappa shape index (κ2) is 6.13. The Hall–Kier alpha value is -2.17. The van der Waals surface area contributed by atoms with Gasteiger partial charge in [0, 0.05) is 30.8 Å². The number of carboxylic acid groups (broad SMARTS) is 1. The van der Waals surface area contributed by atoms with Crippen molar-refractivity contribution in [2.24, 2.45) is 0 Å². The lowest BCUT2D eigenvalue weighted by molar-refractivity contribution is -0.136. The summed E-state index contributed by atoms with van der Waals surface area (Å²) in [5, 5.41) is 8.78. The summed E-state index contributed by atoms with van der Waals surface area (Å²) in [6.07, 6.45) is 5.48. The van der Waals surface area contributed by atoms with Crippen molar-refractivity contribution in [1.82, 2.24) is 9.97 Å². The number of nitrogens with zero attached hydrogens (tertiary/aromatic N) is 2. The van der Waals surface area contributed by atoms with E-state index in [9.17, 15) is 4.79 Å². The first-order chi connectivity index (χ1) is 9.20. The lowest BCUT2D eigenvalue weighted by Crippen LogP contribution is -1.99. The Morgan fingerprint density at radius 2 is 2.26 bits per heavy atom. The molecule has 0 unspecified atom stereocenters. The summed E-state index contributed by atoms with van der Waals surface area (Å²) in [5.74, 6) is 0.455. The van der Waals surface area contributed by atoms with Gasteiger partial charge in [-0.15, -0.1) is 0 Å². The second-order valence-corrected chi connectivity index (χ2v) is 4.27. The molecule has 0 aromatic carbocycles. The molecule has 2 aromatic rings. The van der Waals surface area contributed by atoms with E-state index in [1.165, 1.54) is 0 Å². The summed E-state index contributed by atoms with van der Waals surface area (Å²) in [5.41, 5.74) is 1.52. The lowest BCUT2D eigenvalue weighted by Gasteiger charge is -1.98. The average Bonchev–Trinajstić information content (AvgIpc) is 2.81. The number of pyridine rings is 1. The predicted molar refractivity (Wildman–Crippen MR) is 69.7 cm³/mol. The molecule has 0 saturated carbocycles. The fourth-order valence-corrected chi connectivity index (χ4v) is 1.84. The van der Waals surface area contributed by atoms with Crippen LogP contribution in [0, 0.1) is 0 Å². The van der Waals surface area contributed by atoms with E-state index in [0.29, 0.717) is 23.8 Å². The Morgan fingerprint density at radius 1 is 1.42 bits per heavy atom. The SMILES string of the molecule is CCCc1nc(CCC(=O)O)c(-c2cccnc2)o1. The number of oxazole rings is 1. The smallest absolute Gasteiger partial charge is 0.303 e. The molecule has 0 spiro atoms. The molecule has 0 saturated heterocycles. The summed E-state index contributed by atoms with van der Waals surface area (Å²) >= 11 is 0. The highest BCUT2D eigenvalue weighted by Gasteiger charge is 2.15. The molecule has 2 rings (SSSR count). The molecule has 0 aliphatic carbocycles. The van der Waals surface area contributed by atoms with E-state index < -0.39 is 5.97 Å². The number of hydrogen-bond donors (Lipinski definition) is 1. The lowest BCUT2D eigenvalue weighted by atomic mass is 10.1. The van der Waals surface area contributed by atoms with Crippen LogP contribution in [0.15, 0.2) is 28.9 Å². The van der Waals surface area contributed by atoms with E-state index in [1.807, 2.05) is 19.1 Å². The van der Waals surface area contributed by atoms with Crippen LogP contribution in [0.3, 0.4) is 0 Å². The minimum atomic E-state index is -0.836. The van der Waals surface area contributed by atoms with Crippen molar-refractivity contribution in [3.63, 3.8) is 0 Å². The summed E-state index contributed by atoms with van der Waals surface area (Å²) in [6, 6.07) is 3.70. The first-order valence-electron chi connectivity index (χ1n) is 6.31. The fraction of sp³-hybridized carbons (Fsp3) is 0.357. The van der Waals surface area contributed by atoms with Crippen LogP contribution < -0.4 is 0 Å². The zero-order valence-corrected chi connectivity index (χ0v) is 10.8. The van der Waals surface area contributed by atoms with Gasteiger partial charge in [0.25, 0.3) is 0 Å². The largest absolute Gasteiger partial charge is 0.481 e. The van der Waals surface area contributed by atoms with Crippen LogP contribution in [0.4, 0.5) is 0 Å². The number of aryl methyl sites for hydroxylation is 2. The average molecular weight is 260 g/mol. The predicted octanol–water partition coefficient (Wildman–Crippen LogP) is 2.71. The zero-order valence-electron chi connectivity index (χ0n) is 10.8. The molecule has 0 bridgehead atoms. The number of aromatic nitrogens is 2. The molecule has 5 heteroatoms. The van der Waals surface area contributed by atoms with Crippen molar-refractivity contribution >= 4 is 5.97 Å². The first-order valence-corrected chi connectivity index (χ1v) is 6.31. The zero-order chi connectivity index (χ0) is 13.7. The van der Waals surface area contributed by atoms with E-state index in [4.69, 9.17) is 9.52 Å². The van der Waals surface area contributed by atoms with Gasteiger partial charge in [-0.1, -0.05) is 6.92 Å².